The number of rotatable bonds is 5. The molecule has 2 aliphatic heterocycles. The van der Waals surface area contributed by atoms with E-state index in [1.807, 2.05) is 12.1 Å². The minimum absolute atomic E-state index is 0.0596. The van der Waals surface area contributed by atoms with Crippen LogP contribution in [0.3, 0.4) is 0 Å². The number of nitrogens with zero attached hydrogens (tertiary/aromatic N) is 2. The first-order chi connectivity index (χ1) is 16.2. The Morgan fingerprint density at radius 1 is 1.09 bits per heavy atom. The smallest absolute Gasteiger partial charge is 0.243 e. The molecule has 1 unspecified atom stereocenters. The monoisotopic (exact) mass is 481 g/mol. The fourth-order valence-electron chi connectivity index (χ4n) is 5.50. The summed E-state index contributed by atoms with van der Waals surface area (Å²) >= 11 is 0. The van der Waals surface area contributed by atoms with E-state index < -0.39 is 15.4 Å². The molecule has 2 aromatic rings. The summed E-state index contributed by atoms with van der Waals surface area (Å²) in [5.41, 5.74) is 2.74. The number of carbonyl (C=O) groups excluding carboxylic acids is 2. The molecule has 3 aliphatic rings. The third-order valence-corrected chi connectivity index (χ3v) is 9.32. The van der Waals surface area contributed by atoms with Crippen LogP contribution in [0.2, 0.25) is 0 Å². The minimum atomic E-state index is -3.59. The van der Waals surface area contributed by atoms with Crippen molar-refractivity contribution in [3.05, 3.63) is 59.2 Å². The number of carbonyl (C=O) groups is 2. The van der Waals surface area contributed by atoms with Crippen LogP contribution in [0.5, 0.6) is 0 Å². The molecule has 8 heteroatoms. The molecule has 2 amide bonds. The quantitative estimate of drug-likeness (QED) is 0.710. The van der Waals surface area contributed by atoms with Crippen molar-refractivity contribution in [2.45, 2.75) is 62.3 Å². The standard InChI is InChI=1S/C26H31N3O4S/c1-26(2)21-16-19(34(32,33)28-14-5-6-15-28)12-13-23(21)29(25(26)31)17-24(30)27-22-11-7-9-18-8-3-4-10-20(18)22/h3-4,8,10,12-13,16,22H,5-7,9,11,14-15,17H2,1-2H3,(H,27,30). The molecule has 2 heterocycles. The van der Waals surface area contributed by atoms with Crippen LogP contribution in [0.25, 0.3) is 0 Å². The van der Waals surface area contributed by atoms with E-state index in [2.05, 4.69) is 17.4 Å². The lowest BCUT2D eigenvalue weighted by molar-refractivity contribution is -0.126. The van der Waals surface area contributed by atoms with E-state index in [1.165, 1.54) is 14.8 Å². The highest BCUT2D eigenvalue weighted by Gasteiger charge is 2.45. The van der Waals surface area contributed by atoms with E-state index in [0.29, 0.717) is 24.3 Å². The van der Waals surface area contributed by atoms with E-state index in [9.17, 15) is 18.0 Å². The molecule has 0 aromatic heterocycles. The second-order valence-corrected chi connectivity index (χ2v) is 12.0. The molecule has 1 aliphatic carbocycles. The summed E-state index contributed by atoms with van der Waals surface area (Å²) in [4.78, 5) is 28.0. The molecule has 1 atom stereocenters. The summed E-state index contributed by atoms with van der Waals surface area (Å²) in [6.45, 7) is 4.54. The summed E-state index contributed by atoms with van der Waals surface area (Å²) in [5, 5.41) is 3.12. The van der Waals surface area contributed by atoms with Crippen LogP contribution in [0.4, 0.5) is 5.69 Å². The van der Waals surface area contributed by atoms with Crippen LogP contribution in [0.15, 0.2) is 47.4 Å². The second-order valence-electron chi connectivity index (χ2n) is 10.0. The molecule has 180 valence electrons. The van der Waals surface area contributed by atoms with E-state index in [0.717, 1.165) is 37.7 Å². The molecule has 2 aromatic carbocycles. The highest BCUT2D eigenvalue weighted by atomic mass is 32.2. The Labute approximate surface area is 201 Å². The van der Waals surface area contributed by atoms with Gasteiger partial charge in [0, 0.05) is 18.8 Å². The van der Waals surface area contributed by atoms with E-state index in [4.69, 9.17) is 0 Å². The third-order valence-electron chi connectivity index (χ3n) is 7.42. The number of benzene rings is 2. The molecule has 0 radical (unpaired) electrons. The molecule has 1 fully saturated rings. The van der Waals surface area contributed by atoms with Crippen LogP contribution >= 0.6 is 0 Å². The summed E-state index contributed by atoms with van der Waals surface area (Å²) < 4.78 is 27.6. The second kappa shape index (κ2) is 8.50. The Bertz CT molecular complexity index is 1250. The van der Waals surface area contributed by atoms with Crippen molar-refractivity contribution in [3.63, 3.8) is 0 Å². The van der Waals surface area contributed by atoms with Gasteiger partial charge in [0.15, 0.2) is 0 Å². The highest BCUT2D eigenvalue weighted by molar-refractivity contribution is 7.89. The van der Waals surface area contributed by atoms with Crippen molar-refractivity contribution in [2.75, 3.05) is 24.5 Å². The number of aryl methyl sites for hydroxylation is 1. The van der Waals surface area contributed by atoms with Gasteiger partial charge < -0.3 is 10.2 Å². The summed E-state index contributed by atoms with van der Waals surface area (Å²) in [6.07, 6.45) is 4.62. The average molecular weight is 482 g/mol. The molecule has 0 saturated carbocycles. The SMILES string of the molecule is CC1(C)C(=O)N(CC(=O)NC2CCCc3ccccc32)c2ccc(S(=O)(=O)N3CCCC3)cc21. The minimum Gasteiger partial charge on any atom is -0.348 e. The van der Waals surface area contributed by atoms with Crippen molar-refractivity contribution in [1.29, 1.82) is 0 Å². The molecule has 0 bridgehead atoms. The van der Waals surface area contributed by atoms with Crippen molar-refractivity contribution >= 4 is 27.5 Å². The molecule has 7 nitrogen and oxygen atoms in total. The number of hydrogen-bond donors (Lipinski definition) is 1. The number of fused-ring (bicyclic) bond motifs is 2. The van der Waals surface area contributed by atoms with Crippen molar-refractivity contribution in [1.82, 2.24) is 9.62 Å². The van der Waals surface area contributed by atoms with Gasteiger partial charge >= 0.3 is 0 Å². The van der Waals surface area contributed by atoms with Gasteiger partial charge in [-0.1, -0.05) is 24.3 Å². The Morgan fingerprint density at radius 2 is 1.82 bits per heavy atom. The number of sulfonamides is 1. The normalized spacial score (nSPS) is 21.9. The van der Waals surface area contributed by atoms with E-state index in [-0.39, 0.29) is 29.3 Å². The number of hydrogen-bond acceptors (Lipinski definition) is 4. The number of nitrogens with one attached hydrogen (secondary N) is 1. The molecule has 1 saturated heterocycles. The van der Waals surface area contributed by atoms with Crippen LogP contribution in [0, 0.1) is 0 Å². The molecular formula is C26H31N3O4S. The predicted octanol–water partition coefficient (Wildman–Crippen LogP) is 3.29. The van der Waals surface area contributed by atoms with Crippen LogP contribution in [-0.2, 0) is 31.4 Å². The summed E-state index contributed by atoms with van der Waals surface area (Å²) in [6, 6.07) is 13.0. The van der Waals surface area contributed by atoms with Crippen LogP contribution in [0.1, 0.15) is 62.3 Å². The predicted molar refractivity (Wildman–Crippen MR) is 130 cm³/mol. The number of amides is 2. The number of anilines is 1. The van der Waals surface area contributed by atoms with Gasteiger partial charge in [-0.25, -0.2) is 8.42 Å². The van der Waals surface area contributed by atoms with Gasteiger partial charge in [-0.15, -0.1) is 0 Å². The van der Waals surface area contributed by atoms with Crippen molar-refractivity contribution in [2.24, 2.45) is 0 Å². The zero-order chi connectivity index (χ0) is 24.1. The first-order valence-electron chi connectivity index (χ1n) is 12.0. The molecular weight excluding hydrogens is 450 g/mol. The van der Waals surface area contributed by atoms with E-state index >= 15 is 0 Å². The Hall–Kier alpha value is -2.71. The van der Waals surface area contributed by atoms with Gasteiger partial charge in [0.2, 0.25) is 21.8 Å². The summed E-state index contributed by atoms with van der Waals surface area (Å²) in [7, 11) is -3.59. The Kier molecular flexibility index (Phi) is 5.76. The largest absolute Gasteiger partial charge is 0.348 e. The lowest BCUT2D eigenvalue weighted by Crippen LogP contribution is -2.44. The summed E-state index contributed by atoms with van der Waals surface area (Å²) in [5.74, 6) is -0.412. The molecule has 1 N–H and O–H groups in total. The lowest BCUT2D eigenvalue weighted by atomic mass is 9.86. The van der Waals surface area contributed by atoms with Crippen LogP contribution < -0.4 is 10.2 Å². The van der Waals surface area contributed by atoms with Crippen molar-refractivity contribution in [3.8, 4) is 0 Å². The molecule has 0 spiro atoms. The average Bonchev–Trinajstić information content (AvgIpc) is 3.43. The maximum Gasteiger partial charge on any atom is 0.243 e. The van der Waals surface area contributed by atoms with Gasteiger partial charge in [0.05, 0.1) is 16.4 Å². The Morgan fingerprint density at radius 3 is 2.59 bits per heavy atom. The van der Waals surface area contributed by atoms with Crippen LogP contribution in [-0.4, -0.2) is 44.2 Å². The Balaban J connectivity index is 1.38. The highest BCUT2D eigenvalue weighted by Crippen LogP contribution is 2.43. The van der Waals surface area contributed by atoms with E-state index in [1.54, 1.807) is 32.0 Å². The van der Waals surface area contributed by atoms with Gasteiger partial charge in [-0.2, -0.15) is 4.31 Å². The zero-order valence-corrected chi connectivity index (χ0v) is 20.5. The maximum absolute atomic E-state index is 13.3. The lowest BCUT2D eigenvalue weighted by Gasteiger charge is -2.27. The van der Waals surface area contributed by atoms with Crippen molar-refractivity contribution < 1.29 is 18.0 Å². The topological polar surface area (TPSA) is 86.8 Å². The fourth-order valence-corrected chi connectivity index (χ4v) is 7.04. The maximum atomic E-state index is 13.3. The van der Waals surface area contributed by atoms with Gasteiger partial charge in [0.1, 0.15) is 6.54 Å². The molecule has 5 rings (SSSR count). The first-order valence-corrected chi connectivity index (χ1v) is 13.5. The van der Waals surface area contributed by atoms with Gasteiger partial charge in [-0.3, -0.25) is 9.59 Å². The third kappa shape index (κ3) is 3.82. The molecule has 34 heavy (non-hydrogen) atoms. The van der Waals surface area contributed by atoms with Gasteiger partial charge in [-0.05, 0) is 80.8 Å². The first kappa shape index (κ1) is 23.1. The fraction of sp³-hybridized carbons (Fsp3) is 0.462. The zero-order valence-electron chi connectivity index (χ0n) is 19.7. The van der Waals surface area contributed by atoms with Gasteiger partial charge in [0.25, 0.3) is 0 Å².